The Balaban J connectivity index is 1.78. The van der Waals surface area contributed by atoms with Gasteiger partial charge in [0.05, 0.1) is 28.9 Å². The van der Waals surface area contributed by atoms with E-state index in [2.05, 4.69) is 10.3 Å². The van der Waals surface area contributed by atoms with Crippen LogP contribution >= 0.6 is 23.2 Å². The van der Waals surface area contributed by atoms with Crippen molar-refractivity contribution < 1.29 is 14.3 Å². The molecule has 0 bridgehead atoms. The number of hydrogen-bond donors (Lipinski definition) is 1. The van der Waals surface area contributed by atoms with Crippen molar-refractivity contribution >= 4 is 40.7 Å². The van der Waals surface area contributed by atoms with Gasteiger partial charge in [-0.3, -0.25) is 14.6 Å². The van der Waals surface area contributed by atoms with Gasteiger partial charge >= 0.3 is 0 Å². The quantitative estimate of drug-likeness (QED) is 0.888. The second-order valence-corrected chi connectivity index (χ2v) is 6.20. The molecule has 130 valence electrons. The standard InChI is InChI=1S/C17H15Cl2N3O3/c18-12-2-1-3-13(19)15(12)21-16(23)11-4-5-20-14(10-11)17(24)22-6-8-25-9-7-22/h1-5,10H,6-9H2,(H,21,23). The number of rotatable bonds is 3. The number of benzene rings is 1. The van der Waals surface area contributed by atoms with Gasteiger partial charge in [-0.1, -0.05) is 29.3 Å². The highest BCUT2D eigenvalue weighted by atomic mass is 35.5. The smallest absolute Gasteiger partial charge is 0.272 e. The van der Waals surface area contributed by atoms with Crippen molar-refractivity contribution in [3.05, 3.63) is 57.8 Å². The van der Waals surface area contributed by atoms with Gasteiger partial charge in [-0.05, 0) is 24.3 Å². The van der Waals surface area contributed by atoms with Crippen molar-refractivity contribution in [1.82, 2.24) is 9.88 Å². The number of para-hydroxylation sites is 1. The summed E-state index contributed by atoms with van der Waals surface area (Å²) in [7, 11) is 0. The van der Waals surface area contributed by atoms with Gasteiger partial charge in [0, 0.05) is 24.8 Å². The zero-order valence-corrected chi connectivity index (χ0v) is 14.7. The maximum absolute atomic E-state index is 12.5. The molecule has 0 unspecified atom stereocenters. The highest BCUT2D eigenvalue weighted by Gasteiger charge is 2.21. The van der Waals surface area contributed by atoms with Gasteiger partial charge in [-0.15, -0.1) is 0 Å². The lowest BCUT2D eigenvalue weighted by atomic mass is 10.2. The molecule has 0 saturated carbocycles. The first-order valence-corrected chi connectivity index (χ1v) is 8.40. The van der Waals surface area contributed by atoms with Crippen molar-refractivity contribution in [3.63, 3.8) is 0 Å². The SMILES string of the molecule is O=C(Nc1c(Cl)cccc1Cl)c1ccnc(C(=O)N2CCOCC2)c1. The second-order valence-electron chi connectivity index (χ2n) is 5.39. The number of anilines is 1. The van der Waals surface area contributed by atoms with Gasteiger partial charge < -0.3 is 15.0 Å². The number of hydrogen-bond acceptors (Lipinski definition) is 4. The first-order valence-electron chi connectivity index (χ1n) is 7.64. The molecule has 0 radical (unpaired) electrons. The molecule has 6 nitrogen and oxygen atoms in total. The van der Waals surface area contributed by atoms with E-state index < -0.39 is 5.91 Å². The monoisotopic (exact) mass is 379 g/mol. The van der Waals surface area contributed by atoms with Gasteiger partial charge in [0.1, 0.15) is 5.69 Å². The maximum atomic E-state index is 12.5. The summed E-state index contributed by atoms with van der Waals surface area (Å²) >= 11 is 12.1. The number of halogens is 2. The van der Waals surface area contributed by atoms with Crippen molar-refractivity contribution in [3.8, 4) is 0 Å². The third-order valence-electron chi connectivity index (χ3n) is 3.74. The van der Waals surface area contributed by atoms with E-state index in [1.54, 1.807) is 23.1 Å². The van der Waals surface area contributed by atoms with Gasteiger partial charge in [-0.25, -0.2) is 0 Å². The predicted molar refractivity (Wildman–Crippen MR) is 95.4 cm³/mol. The summed E-state index contributed by atoms with van der Waals surface area (Å²) in [5.41, 5.74) is 0.830. The molecule has 2 amide bonds. The number of pyridine rings is 1. The summed E-state index contributed by atoms with van der Waals surface area (Å²) in [5.74, 6) is -0.651. The average Bonchev–Trinajstić information content (AvgIpc) is 2.65. The Bertz CT molecular complexity index is 787. The molecule has 1 aromatic heterocycles. The molecule has 0 spiro atoms. The number of ether oxygens (including phenoxy) is 1. The fourth-order valence-corrected chi connectivity index (χ4v) is 2.91. The molecule has 2 heterocycles. The summed E-state index contributed by atoms with van der Waals surface area (Å²) in [6, 6.07) is 7.92. The third kappa shape index (κ3) is 4.10. The molecule has 1 N–H and O–H groups in total. The van der Waals surface area contributed by atoms with Gasteiger partial charge in [-0.2, -0.15) is 0 Å². The Hall–Kier alpha value is -2.15. The summed E-state index contributed by atoms with van der Waals surface area (Å²) in [6.07, 6.45) is 1.43. The van der Waals surface area contributed by atoms with Crippen LogP contribution in [0.2, 0.25) is 10.0 Å². The Kier molecular flexibility index (Phi) is 5.53. The lowest BCUT2D eigenvalue weighted by molar-refractivity contribution is 0.0299. The largest absolute Gasteiger partial charge is 0.378 e. The minimum atomic E-state index is -0.423. The molecule has 1 saturated heterocycles. The predicted octanol–water partition coefficient (Wildman–Crippen LogP) is 3.11. The lowest BCUT2D eigenvalue weighted by Gasteiger charge is -2.26. The summed E-state index contributed by atoms with van der Waals surface area (Å²) in [4.78, 5) is 30.7. The van der Waals surface area contributed by atoms with E-state index in [1.165, 1.54) is 18.3 Å². The van der Waals surface area contributed by atoms with Crippen molar-refractivity contribution in [2.24, 2.45) is 0 Å². The Morgan fingerprint density at radius 3 is 2.48 bits per heavy atom. The van der Waals surface area contributed by atoms with E-state index in [0.717, 1.165) is 0 Å². The Labute approximate surface area is 154 Å². The molecule has 1 aliphatic rings. The first kappa shape index (κ1) is 17.7. The molecule has 0 atom stereocenters. The number of carbonyl (C=O) groups is 2. The van der Waals surface area contributed by atoms with Crippen molar-refractivity contribution in [1.29, 1.82) is 0 Å². The molecule has 2 aromatic rings. The van der Waals surface area contributed by atoms with Crippen molar-refractivity contribution in [2.75, 3.05) is 31.6 Å². The highest BCUT2D eigenvalue weighted by molar-refractivity contribution is 6.40. The van der Waals surface area contributed by atoms with Gasteiger partial charge in [0.25, 0.3) is 11.8 Å². The van der Waals surface area contributed by atoms with Crippen LogP contribution in [-0.2, 0) is 4.74 Å². The fraction of sp³-hybridized carbons (Fsp3) is 0.235. The summed E-state index contributed by atoms with van der Waals surface area (Å²) in [6.45, 7) is 2.01. The normalized spacial score (nSPS) is 14.2. The van der Waals surface area contributed by atoms with E-state index in [-0.39, 0.29) is 11.6 Å². The first-order chi connectivity index (χ1) is 12.1. The van der Waals surface area contributed by atoms with Gasteiger partial charge in [0.2, 0.25) is 0 Å². The molecule has 1 aromatic carbocycles. The van der Waals surface area contributed by atoms with E-state index in [0.29, 0.717) is 47.6 Å². The highest BCUT2D eigenvalue weighted by Crippen LogP contribution is 2.30. The van der Waals surface area contributed by atoms with Crippen LogP contribution < -0.4 is 5.32 Å². The molecular weight excluding hydrogens is 365 g/mol. The summed E-state index contributed by atoms with van der Waals surface area (Å²) in [5, 5.41) is 3.33. The second kappa shape index (κ2) is 7.82. The number of amides is 2. The van der Waals surface area contributed by atoms with E-state index in [4.69, 9.17) is 27.9 Å². The van der Waals surface area contributed by atoms with E-state index in [1.807, 2.05) is 0 Å². The lowest BCUT2D eigenvalue weighted by Crippen LogP contribution is -2.41. The molecule has 1 fully saturated rings. The zero-order valence-electron chi connectivity index (χ0n) is 13.2. The minimum absolute atomic E-state index is 0.208. The van der Waals surface area contributed by atoms with Gasteiger partial charge in [0.15, 0.2) is 0 Å². The van der Waals surface area contributed by atoms with Crippen LogP contribution in [-0.4, -0.2) is 48.0 Å². The van der Waals surface area contributed by atoms with Crippen LogP contribution in [0.15, 0.2) is 36.5 Å². The number of nitrogens with one attached hydrogen (secondary N) is 1. The molecule has 0 aliphatic carbocycles. The number of morpholine rings is 1. The molecule has 1 aliphatic heterocycles. The molecular formula is C17H15Cl2N3O3. The topological polar surface area (TPSA) is 71.5 Å². The Morgan fingerprint density at radius 2 is 1.80 bits per heavy atom. The number of nitrogens with zero attached hydrogens (tertiary/aromatic N) is 2. The fourth-order valence-electron chi connectivity index (χ4n) is 2.42. The summed E-state index contributed by atoms with van der Waals surface area (Å²) < 4.78 is 5.23. The zero-order chi connectivity index (χ0) is 17.8. The van der Waals surface area contributed by atoms with Crippen LogP contribution in [0.3, 0.4) is 0 Å². The number of aromatic nitrogens is 1. The molecule has 3 rings (SSSR count). The Morgan fingerprint density at radius 1 is 1.12 bits per heavy atom. The van der Waals surface area contributed by atoms with Crippen LogP contribution in [0.1, 0.15) is 20.8 Å². The van der Waals surface area contributed by atoms with Crippen molar-refractivity contribution in [2.45, 2.75) is 0 Å². The number of carbonyl (C=O) groups excluding carboxylic acids is 2. The minimum Gasteiger partial charge on any atom is -0.378 e. The third-order valence-corrected chi connectivity index (χ3v) is 4.37. The van der Waals surface area contributed by atoms with E-state index in [9.17, 15) is 9.59 Å². The molecule has 8 heteroatoms. The maximum Gasteiger partial charge on any atom is 0.272 e. The molecule has 25 heavy (non-hydrogen) atoms. The van der Waals surface area contributed by atoms with Crippen LogP contribution in [0, 0.1) is 0 Å². The van der Waals surface area contributed by atoms with Crippen LogP contribution in [0.4, 0.5) is 5.69 Å². The van der Waals surface area contributed by atoms with Crippen LogP contribution in [0.5, 0.6) is 0 Å². The van der Waals surface area contributed by atoms with E-state index >= 15 is 0 Å². The van der Waals surface area contributed by atoms with Crippen LogP contribution in [0.25, 0.3) is 0 Å². The average molecular weight is 380 g/mol.